The first-order valence-corrected chi connectivity index (χ1v) is 5.56. The molecule has 0 saturated heterocycles. The molecule has 0 bridgehead atoms. The number of rotatable bonds is 2. The fourth-order valence-electron chi connectivity index (χ4n) is 1.92. The Bertz CT molecular complexity index is 658. The minimum atomic E-state index is -4.96. The lowest BCUT2D eigenvalue weighted by atomic mass is 10.0. The Morgan fingerprint density at radius 1 is 1.05 bits per heavy atom. The lowest BCUT2D eigenvalue weighted by Gasteiger charge is -2.12. The predicted molar refractivity (Wildman–Crippen MR) is 60.3 cm³/mol. The van der Waals surface area contributed by atoms with Crippen LogP contribution in [-0.2, 0) is 17.1 Å². The van der Waals surface area contributed by atoms with Gasteiger partial charge in [0.05, 0.1) is 16.8 Å². The van der Waals surface area contributed by atoms with Crippen LogP contribution in [0.15, 0.2) is 18.2 Å². The van der Waals surface area contributed by atoms with Crippen molar-refractivity contribution >= 4 is 10.9 Å². The van der Waals surface area contributed by atoms with Crippen LogP contribution in [0, 0.1) is 0 Å². The molecule has 0 spiro atoms. The second kappa shape index (κ2) is 4.92. The van der Waals surface area contributed by atoms with Gasteiger partial charge in [0.25, 0.3) is 0 Å². The van der Waals surface area contributed by atoms with Crippen LogP contribution in [0.3, 0.4) is 0 Å². The largest absolute Gasteiger partial charge is 0.417 e. The summed E-state index contributed by atoms with van der Waals surface area (Å²) in [7, 11) is 1.10. The van der Waals surface area contributed by atoms with Gasteiger partial charge in [-0.15, -0.1) is 0 Å². The van der Waals surface area contributed by atoms with E-state index in [2.05, 4.69) is 9.72 Å². The molecule has 0 aliphatic heterocycles. The maximum atomic E-state index is 12.9. The van der Waals surface area contributed by atoms with Crippen LogP contribution in [0.2, 0.25) is 0 Å². The number of methoxy groups -OCH3 is 1. The van der Waals surface area contributed by atoms with Crippen LogP contribution in [-0.4, -0.2) is 17.2 Å². The van der Waals surface area contributed by atoms with Crippen molar-refractivity contribution in [1.29, 1.82) is 0 Å². The summed E-state index contributed by atoms with van der Waals surface area (Å²) in [6.07, 6.45) is -11.4. The maximum Gasteiger partial charge on any atom is 0.417 e. The van der Waals surface area contributed by atoms with Gasteiger partial charge < -0.3 is 14.8 Å². The van der Waals surface area contributed by atoms with Crippen LogP contribution in [0.5, 0.6) is 0 Å². The number of aliphatic hydroxyl groups excluding tert-OH is 1. The van der Waals surface area contributed by atoms with E-state index in [0.29, 0.717) is 6.07 Å². The highest BCUT2D eigenvalue weighted by molar-refractivity contribution is 5.85. The first-order valence-electron chi connectivity index (χ1n) is 5.56. The van der Waals surface area contributed by atoms with Crippen molar-refractivity contribution in [3.8, 4) is 0 Å². The Kier molecular flexibility index (Phi) is 3.66. The lowest BCUT2D eigenvalue weighted by molar-refractivity contribution is -0.142. The number of hydrogen-bond acceptors (Lipinski definition) is 2. The van der Waals surface area contributed by atoms with Gasteiger partial charge in [-0.25, -0.2) is 0 Å². The number of hydrogen-bond donors (Lipinski definition) is 2. The van der Waals surface area contributed by atoms with Gasteiger partial charge in [-0.1, -0.05) is 0 Å². The van der Waals surface area contributed by atoms with Crippen LogP contribution in [0.4, 0.5) is 26.3 Å². The number of fused-ring (bicyclic) bond motifs is 1. The van der Waals surface area contributed by atoms with Gasteiger partial charge >= 0.3 is 12.4 Å². The molecule has 0 fully saturated rings. The molecule has 1 aromatic heterocycles. The smallest absolute Gasteiger partial charge is 0.363 e. The van der Waals surface area contributed by atoms with E-state index in [0.717, 1.165) is 13.2 Å². The zero-order valence-electron chi connectivity index (χ0n) is 10.4. The van der Waals surface area contributed by atoms with Gasteiger partial charge in [0.2, 0.25) is 0 Å². The van der Waals surface area contributed by atoms with Crippen molar-refractivity contribution in [2.75, 3.05) is 7.11 Å². The number of aromatic nitrogens is 1. The van der Waals surface area contributed by atoms with Crippen molar-refractivity contribution in [1.82, 2.24) is 4.98 Å². The number of alkyl halides is 6. The van der Waals surface area contributed by atoms with E-state index in [9.17, 15) is 31.4 Å². The van der Waals surface area contributed by atoms with E-state index >= 15 is 0 Å². The molecule has 9 heteroatoms. The van der Waals surface area contributed by atoms with Crippen molar-refractivity contribution in [2.24, 2.45) is 0 Å². The summed E-state index contributed by atoms with van der Waals surface area (Å²) in [5, 5.41) is 8.93. The molecule has 116 valence electrons. The Labute approximate surface area is 114 Å². The molecule has 0 radical (unpaired) electrons. The van der Waals surface area contributed by atoms with E-state index in [1.54, 1.807) is 0 Å². The van der Waals surface area contributed by atoms with Crippen molar-refractivity contribution in [2.45, 2.75) is 18.6 Å². The molecule has 2 rings (SSSR count). The highest BCUT2D eigenvalue weighted by Gasteiger charge is 2.38. The second-order valence-electron chi connectivity index (χ2n) is 4.29. The molecule has 1 atom stereocenters. The van der Waals surface area contributed by atoms with E-state index < -0.39 is 35.2 Å². The normalized spacial score (nSPS) is 14.7. The summed E-state index contributed by atoms with van der Waals surface area (Å²) in [6, 6.07) is 1.50. The van der Waals surface area contributed by atoms with Crippen molar-refractivity contribution in [3.05, 3.63) is 35.0 Å². The molecule has 1 heterocycles. The Balaban J connectivity index is 2.75. The first kappa shape index (κ1) is 15.6. The molecule has 2 aromatic rings. The maximum absolute atomic E-state index is 12.9. The first-order chi connectivity index (χ1) is 9.54. The lowest BCUT2D eigenvalue weighted by Crippen LogP contribution is -2.10. The Hall–Kier alpha value is -1.74. The average molecular weight is 313 g/mol. The second-order valence-corrected chi connectivity index (χ2v) is 4.29. The summed E-state index contributed by atoms with van der Waals surface area (Å²) < 4.78 is 81.2. The number of benzene rings is 1. The number of aliphatic hydroxyl groups is 1. The fraction of sp³-hybridized carbons (Fsp3) is 0.333. The fourth-order valence-corrected chi connectivity index (χ4v) is 1.92. The number of aromatic amines is 1. The predicted octanol–water partition coefficient (Wildman–Crippen LogP) is 3.84. The third-order valence-corrected chi connectivity index (χ3v) is 2.88. The summed E-state index contributed by atoms with van der Waals surface area (Å²) in [4.78, 5) is 2.30. The van der Waals surface area contributed by atoms with Crippen LogP contribution >= 0.6 is 0 Å². The van der Waals surface area contributed by atoms with E-state index in [1.807, 2.05) is 0 Å². The van der Waals surface area contributed by atoms with Gasteiger partial charge in [-0.3, -0.25) is 0 Å². The van der Waals surface area contributed by atoms with Crippen LogP contribution < -0.4 is 0 Å². The molecule has 0 aliphatic rings. The quantitative estimate of drug-likeness (QED) is 0.653. The van der Waals surface area contributed by atoms with Gasteiger partial charge in [0.1, 0.15) is 0 Å². The van der Waals surface area contributed by atoms with E-state index in [1.165, 1.54) is 0 Å². The molecule has 0 aliphatic carbocycles. The molecule has 0 amide bonds. The molecular weight excluding hydrogens is 304 g/mol. The number of H-pyrrole nitrogens is 1. The number of nitrogens with one attached hydrogen (secondary N) is 1. The molecule has 1 unspecified atom stereocenters. The highest BCUT2D eigenvalue weighted by atomic mass is 19.4. The highest BCUT2D eigenvalue weighted by Crippen LogP contribution is 2.40. The zero-order chi connectivity index (χ0) is 16.0. The number of halogens is 6. The van der Waals surface area contributed by atoms with Gasteiger partial charge in [0.15, 0.2) is 6.29 Å². The summed E-state index contributed by atoms with van der Waals surface area (Å²) in [5.41, 5.74) is -3.42. The third-order valence-electron chi connectivity index (χ3n) is 2.88. The summed E-state index contributed by atoms with van der Waals surface area (Å²) in [6.45, 7) is 0. The minimum Gasteiger partial charge on any atom is -0.363 e. The molecule has 21 heavy (non-hydrogen) atoms. The summed E-state index contributed by atoms with van der Waals surface area (Å²) >= 11 is 0. The van der Waals surface area contributed by atoms with Crippen LogP contribution in [0.1, 0.15) is 23.1 Å². The SMILES string of the molecule is COC(O)c1cc2c(C(F)(F)F)cc(C(F)(F)F)cc2[nH]1. The van der Waals surface area contributed by atoms with Gasteiger partial charge in [0, 0.05) is 18.0 Å². The Morgan fingerprint density at radius 3 is 2.14 bits per heavy atom. The molecule has 2 N–H and O–H groups in total. The Morgan fingerprint density at radius 2 is 1.67 bits per heavy atom. The standard InChI is InChI=1S/C12H9F6NO2/c1-21-10(20)9-4-6-7(12(16,17)18)2-5(11(13,14)15)3-8(6)19-9/h2-4,10,19-20H,1H3. The van der Waals surface area contributed by atoms with Crippen molar-refractivity contribution < 1.29 is 36.2 Å². The van der Waals surface area contributed by atoms with Crippen molar-refractivity contribution in [3.63, 3.8) is 0 Å². The summed E-state index contributed by atoms with van der Waals surface area (Å²) in [5.74, 6) is 0. The van der Waals surface area contributed by atoms with Crippen LogP contribution in [0.25, 0.3) is 10.9 Å². The molecule has 3 nitrogen and oxygen atoms in total. The monoisotopic (exact) mass is 313 g/mol. The third kappa shape index (κ3) is 2.98. The molecule has 0 saturated carbocycles. The van der Waals surface area contributed by atoms with E-state index in [-0.39, 0.29) is 17.3 Å². The topological polar surface area (TPSA) is 45.2 Å². The van der Waals surface area contributed by atoms with Gasteiger partial charge in [-0.2, -0.15) is 26.3 Å². The molecule has 1 aromatic carbocycles. The molecular formula is C12H9F6NO2. The van der Waals surface area contributed by atoms with E-state index in [4.69, 9.17) is 0 Å². The average Bonchev–Trinajstić information content (AvgIpc) is 2.77. The van der Waals surface area contributed by atoms with Gasteiger partial charge in [-0.05, 0) is 18.2 Å². The minimum absolute atomic E-state index is 0.0408. The zero-order valence-corrected chi connectivity index (χ0v) is 10.4. The number of ether oxygens (including phenoxy) is 1.